The van der Waals surface area contributed by atoms with Crippen LogP contribution in [0.1, 0.15) is 73.7 Å². The van der Waals surface area contributed by atoms with Crippen LogP contribution in [0.2, 0.25) is 0 Å². The Balaban J connectivity index is 1.57. The Labute approximate surface area is 195 Å². The molecule has 4 rings (SSSR count). The summed E-state index contributed by atoms with van der Waals surface area (Å²) in [6, 6.07) is 13.1. The van der Waals surface area contributed by atoms with Crippen molar-refractivity contribution in [2.75, 3.05) is 5.32 Å². The van der Waals surface area contributed by atoms with Gasteiger partial charge in [0.05, 0.1) is 0 Å². The molecule has 176 valence electrons. The van der Waals surface area contributed by atoms with Crippen molar-refractivity contribution in [3.8, 4) is 0 Å². The molecule has 2 amide bonds. The van der Waals surface area contributed by atoms with Crippen LogP contribution < -0.4 is 11.1 Å². The maximum absolute atomic E-state index is 13.7. The highest BCUT2D eigenvalue weighted by Crippen LogP contribution is 2.31. The minimum Gasteiger partial charge on any atom is -0.334 e. The van der Waals surface area contributed by atoms with E-state index in [1.807, 2.05) is 29.2 Å². The van der Waals surface area contributed by atoms with Gasteiger partial charge in [-0.05, 0) is 61.6 Å². The van der Waals surface area contributed by atoms with Crippen LogP contribution in [0.3, 0.4) is 0 Å². The second kappa shape index (κ2) is 10.9. The SMILES string of the molecule is NC1CCCCC1N(Cc1ccccc1NC(=O)c1ccc(F)cc1)C(=O)C1CCCCC1. The number of carbonyl (C=O) groups excluding carboxylic acids is 2. The van der Waals surface area contributed by atoms with Gasteiger partial charge in [0.1, 0.15) is 5.82 Å². The van der Waals surface area contributed by atoms with Crippen molar-refractivity contribution in [1.29, 1.82) is 0 Å². The number of para-hydroxylation sites is 1. The first kappa shape index (κ1) is 23.4. The third-order valence-electron chi connectivity index (χ3n) is 7.13. The van der Waals surface area contributed by atoms with Gasteiger partial charge in [-0.15, -0.1) is 0 Å². The Hall–Kier alpha value is -2.73. The summed E-state index contributed by atoms with van der Waals surface area (Å²) >= 11 is 0. The number of hydrogen-bond acceptors (Lipinski definition) is 3. The minimum atomic E-state index is -0.382. The average molecular weight is 452 g/mol. The van der Waals surface area contributed by atoms with Crippen LogP contribution in [0, 0.1) is 11.7 Å². The van der Waals surface area contributed by atoms with Crippen molar-refractivity contribution < 1.29 is 14.0 Å². The summed E-state index contributed by atoms with van der Waals surface area (Å²) in [5, 5.41) is 2.95. The molecule has 2 unspecified atom stereocenters. The Morgan fingerprint density at radius 1 is 0.909 bits per heavy atom. The fraction of sp³-hybridized carbons (Fsp3) is 0.481. The molecule has 6 heteroatoms. The van der Waals surface area contributed by atoms with Crippen molar-refractivity contribution >= 4 is 17.5 Å². The molecular weight excluding hydrogens is 417 g/mol. The van der Waals surface area contributed by atoms with Crippen LogP contribution in [0.5, 0.6) is 0 Å². The molecule has 33 heavy (non-hydrogen) atoms. The number of halogens is 1. The van der Waals surface area contributed by atoms with Gasteiger partial charge in [0.15, 0.2) is 0 Å². The van der Waals surface area contributed by atoms with Crippen LogP contribution in [-0.4, -0.2) is 28.8 Å². The average Bonchev–Trinajstić information content (AvgIpc) is 2.84. The number of nitrogens with zero attached hydrogens (tertiary/aromatic N) is 1. The van der Waals surface area contributed by atoms with E-state index in [2.05, 4.69) is 5.32 Å². The van der Waals surface area contributed by atoms with Crippen LogP contribution in [0.15, 0.2) is 48.5 Å². The van der Waals surface area contributed by atoms with Gasteiger partial charge in [-0.1, -0.05) is 50.3 Å². The van der Waals surface area contributed by atoms with Gasteiger partial charge in [0.2, 0.25) is 5.91 Å². The quantitative estimate of drug-likeness (QED) is 0.629. The number of carbonyl (C=O) groups is 2. The highest BCUT2D eigenvalue weighted by molar-refractivity contribution is 6.04. The zero-order chi connectivity index (χ0) is 23.2. The highest BCUT2D eigenvalue weighted by Gasteiger charge is 2.35. The van der Waals surface area contributed by atoms with E-state index in [0.717, 1.165) is 56.9 Å². The molecule has 2 aromatic rings. The number of rotatable bonds is 6. The van der Waals surface area contributed by atoms with Crippen LogP contribution >= 0.6 is 0 Å². The Morgan fingerprint density at radius 2 is 1.58 bits per heavy atom. The molecule has 2 saturated carbocycles. The van der Waals surface area contributed by atoms with E-state index in [-0.39, 0.29) is 35.6 Å². The van der Waals surface area contributed by atoms with Crippen molar-refractivity contribution in [3.05, 3.63) is 65.5 Å². The van der Waals surface area contributed by atoms with E-state index in [1.54, 1.807) is 0 Å². The number of benzene rings is 2. The van der Waals surface area contributed by atoms with Gasteiger partial charge in [-0.3, -0.25) is 9.59 Å². The Morgan fingerprint density at radius 3 is 2.30 bits per heavy atom. The molecule has 0 bridgehead atoms. The van der Waals surface area contributed by atoms with E-state index < -0.39 is 0 Å². The number of hydrogen-bond donors (Lipinski definition) is 2. The molecule has 2 fully saturated rings. The number of anilines is 1. The summed E-state index contributed by atoms with van der Waals surface area (Å²) in [5.41, 5.74) is 8.45. The Bertz CT molecular complexity index is 956. The van der Waals surface area contributed by atoms with Gasteiger partial charge in [-0.25, -0.2) is 4.39 Å². The summed E-state index contributed by atoms with van der Waals surface area (Å²) < 4.78 is 13.2. The van der Waals surface area contributed by atoms with E-state index in [0.29, 0.717) is 17.8 Å². The van der Waals surface area contributed by atoms with E-state index in [4.69, 9.17) is 5.73 Å². The summed E-state index contributed by atoms with van der Waals surface area (Å²) in [6.07, 6.45) is 9.33. The lowest BCUT2D eigenvalue weighted by molar-refractivity contribution is -0.140. The number of amides is 2. The predicted molar refractivity (Wildman–Crippen MR) is 128 cm³/mol. The summed E-state index contributed by atoms with van der Waals surface area (Å²) in [6.45, 7) is 0.424. The van der Waals surface area contributed by atoms with Gasteiger partial charge < -0.3 is 16.0 Å². The van der Waals surface area contributed by atoms with Gasteiger partial charge in [0, 0.05) is 35.8 Å². The molecule has 0 heterocycles. The largest absolute Gasteiger partial charge is 0.334 e. The maximum atomic E-state index is 13.7. The lowest BCUT2D eigenvalue weighted by Crippen LogP contribution is -2.53. The van der Waals surface area contributed by atoms with Gasteiger partial charge in [-0.2, -0.15) is 0 Å². The lowest BCUT2D eigenvalue weighted by Gasteiger charge is -2.41. The molecule has 5 nitrogen and oxygen atoms in total. The molecule has 3 N–H and O–H groups in total. The van der Waals surface area contributed by atoms with Crippen molar-refractivity contribution in [2.24, 2.45) is 11.7 Å². The zero-order valence-electron chi connectivity index (χ0n) is 19.1. The highest BCUT2D eigenvalue weighted by atomic mass is 19.1. The van der Waals surface area contributed by atoms with E-state index in [9.17, 15) is 14.0 Å². The topological polar surface area (TPSA) is 75.4 Å². The molecule has 0 spiro atoms. The minimum absolute atomic E-state index is 0.0211. The maximum Gasteiger partial charge on any atom is 0.255 e. The standard InChI is InChI=1S/C27H34FN3O2/c28-22-16-14-19(15-17-22)26(32)30-24-12-6-4-10-21(24)18-31(25-13-7-5-11-23(25)29)27(33)20-8-2-1-3-9-20/h4,6,10,12,14-17,20,23,25H,1-3,5,7-9,11,13,18,29H2,(H,30,32). The van der Waals surface area contributed by atoms with E-state index in [1.165, 1.54) is 30.7 Å². The number of nitrogens with two attached hydrogens (primary N) is 1. The zero-order valence-corrected chi connectivity index (χ0v) is 19.1. The van der Waals surface area contributed by atoms with Gasteiger partial charge >= 0.3 is 0 Å². The fourth-order valence-electron chi connectivity index (χ4n) is 5.23. The lowest BCUT2D eigenvalue weighted by atomic mass is 9.85. The van der Waals surface area contributed by atoms with Crippen molar-refractivity contribution in [2.45, 2.75) is 76.4 Å². The smallest absolute Gasteiger partial charge is 0.255 e. The Kier molecular flexibility index (Phi) is 7.76. The van der Waals surface area contributed by atoms with Crippen LogP contribution in [-0.2, 0) is 11.3 Å². The van der Waals surface area contributed by atoms with Crippen molar-refractivity contribution in [3.63, 3.8) is 0 Å². The molecule has 0 radical (unpaired) electrons. The summed E-state index contributed by atoms with van der Waals surface area (Å²) in [7, 11) is 0. The monoisotopic (exact) mass is 451 g/mol. The van der Waals surface area contributed by atoms with E-state index >= 15 is 0 Å². The predicted octanol–water partition coefficient (Wildman–Crippen LogP) is 5.26. The fourth-order valence-corrected chi connectivity index (χ4v) is 5.23. The normalized spacial score (nSPS) is 21.4. The molecule has 2 atom stereocenters. The second-order valence-electron chi connectivity index (χ2n) is 9.43. The first-order valence-corrected chi connectivity index (χ1v) is 12.2. The van der Waals surface area contributed by atoms with Crippen LogP contribution in [0.25, 0.3) is 0 Å². The first-order valence-electron chi connectivity index (χ1n) is 12.2. The molecule has 0 aliphatic heterocycles. The van der Waals surface area contributed by atoms with Crippen LogP contribution in [0.4, 0.5) is 10.1 Å². The first-order chi connectivity index (χ1) is 16.0. The van der Waals surface area contributed by atoms with Gasteiger partial charge in [0.25, 0.3) is 5.91 Å². The van der Waals surface area contributed by atoms with Crippen molar-refractivity contribution in [1.82, 2.24) is 4.90 Å². The third kappa shape index (κ3) is 5.80. The molecule has 0 aromatic heterocycles. The molecule has 2 aliphatic rings. The number of nitrogens with one attached hydrogen (secondary N) is 1. The molecular formula is C27H34FN3O2. The molecule has 2 aliphatic carbocycles. The third-order valence-corrected chi connectivity index (χ3v) is 7.13. The summed E-state index contributed by atoms with van der Waals surface area (Å²) in [5.74, 6) is -0.417. The molecule has 2 aromatic carbocycles. The molecule has 0 saturated heterocycles. The summed E-state index contributed by atoms with van der Waals surface area (Å²) in [4.78, 5) is 28.4. The second-order valence-corrected chi connectivity index (χ2v) is 9.43.